The van der Waals surface area contributed by atoms with Gasteiger partial charge in [-0.3, -0.25) is 19.1 Å². The van der Waals surface area contributed by atoms with Gasteiger partial charge in [-0.25, -0.2) is 13.7 Å². The van der Waals surface area contributed by atoms with Crippen LogP contribution in [0.5, 0.6) is 11.5 Å². The van der Waals surface area contributed by atoms with E-state index in [0.717, 1.165) is 29.2 Å². The van der Waals surface area contributed by atoms with Gasteiger partial charge in [0, 0.05) is 11.6 Å². The second-order valence-electron chi connectivity index (χ2n) is 10.3. The van der Waals surface area contributed by atoms with Crippen LogP contribution >= 0.6 is 23.2 Å². The molecule has 2 heterocycles. The molecule has 0 spiro atoms. The van der Waals surface area contributed by atoms with Gasteiger partial charge in [-0.05, 0) is 48.5 Å². The van der Waals surface area contributed by atoms with E-state index < -0.39 is 52.4 Å². The van der Waals surface area contributed by atoms with Crippen LogP contribution in [0.25, 0.3) is 10.9 Å². The zero-order chi connectivity index (χ0) is 34.5. The number of fused-ring (bicyclic) bond motifs is 2. The van der Waals surface area contributed by atoms with Crippen LogP contribution in [0.2, 0.25) is 10.0 Å². The largest absolute Gasteiger partial charge is 0.453 e. The highest BCUT2D eigenvalue weighted by atomic mass is 35.5. The molecular weight excluding hydrogens is 684 g/mol. The summed E-state index contributed by atoms with van der Waals surface area (Å²) in [5.41, 5.74) is -2.45. The number of nitriles is 1. The number of alkyl halides is 3. The second kappa shape index (κ2) is 12.3. The summed E-state index contributed by atoms with van der Waals surface area (Å²) in [6.07, 6.45) is -5.10. The van der Waals surface area contributed by atoms with Crippen molar-refractivity contribution in [2.45, 2.75) is 19.1 Å². The standard InChI is InChI=1S/C32H16Cl2F5N5O4/c33-21-7-6-17(35)13-24(21)48-27-23(41-29(45)15-10-16(32(37,38)39)12-18(36)11-15)14-22(34)26-25(27)28(42-43(26)9-3-8-40)44-30(46)19-4-1-2-5-20(19)31(44)47/h1-2,4-7,10-14H,3,9H2,(H,41,45). The molecule has 0 radical (unpaired) electrons. The van der Waals surface area contributed by atoms with Crippen molar-refractivity contribution in [1.29, 1.82) is 5.26 Å². The van der Waals surface area contributed by atoms with E-state index in [-0.39, 0.29) is 68.4 Å². The van der Waals surface area contributed by atoms with E-state index in [0.29, 0.717) is 12.1 Å². The van der Waals surface area contributed by atoms with Gasteiger partial charge in [0.25, 0.3) is 17.7 Å². The molecule has 6 rings (SSSR count). The fourth-order valence-corrected chi connectivity index (χ4v) is 5.55. The van der Waals surface area contributed by atoms with Crippen LogP contribution in [-0.2, 0) is 12.7 Å². The van der Waals surface area contributed by atoms with Crippen LogP contribution in [0, 0.1) is 23.0 Å². The number of rotatable bonds is 7. The summed E-state index contributed by atoms with van der Waals surface area (Å²) < 4.78 is 76.1. The smallest absolute Gasteiger partial charge is 0.416 e. The van der Waals surface area contributed by atoms with Crippen LogP contribution in [0.4, 0.5) is 33.5 Å². The number of imide groups is 1. The van der Waals surface area contributed by atoms with E-state index in [4.69, 9.17) is 27.9 Å². The normalized spacial score (nSPS) is 12.8. The van der Waals surface area contributed by atoms with Crippen molar-refractivity contribution in [3.8, 4) is 17.6 Å². The topological polar surface area (TPSA) is 117 Å². The molecule has 242 valence electrons. The van der Waals surface area contributed by atoms with Crippen LogP contribution in [0.1, 0.15) is 43.1 Å². The van der Waals surface area contributed by atoms with Crippen molar-refractivity contribution in [2.75, 3.05) is 10.2 Å². The Morgan fingerprint density at radius 2 is 1.62 bits per heavy atom. The summed E-state index contributed by atoms with van der Waals surface area (Å²) >= 11 is 12.9. The minimum absolute atomic E-state index is 0.00381. The molecule has 1 N–H and O–H groups in total. The average molecular weight is 700 g/mol. The van der Waals surface area contributed by atoms with Crippen LogP contribution < -0.4 is 15.0 Å². The first-order chi connectivity index (χ1) is 22.8. The number of aromatic nitrogens is 2. The molecule has 0 saturated heterocycles. The highest BCUT2D eigenvalue weighted by Crippen LogP contribution is 2.48. The predicted molar refractivity (Wildman–Crippen MR) is 163 cm³/mol. The molecule has 4 aromatic carbocycles. The molecule has 1 aromatic heterocycles. The first-order valence-electron chi connectivity index (χ1n) is 13.7. The maximum absolute atomic E-state index is 14.4. The number of hydrogen-bond acceptors (Lipinski definition) is 6. The Labute approximate surface area is 276 Å². The summed E-state index contributed by atoms with van der Waals surface area (Å²) in [6.45, 7) is -0.106. The van der Waals surface area contributed by atoms with Crippen LogP contribution in [0.15, 0.2) is 66.7 Å². The average Bonchev–Trinajstić information content (AvgIpc) is 3.53. The van der Waals surface area contributed by atoms with Gasteiger partial charge in [-0.1, -0.05) is 35.3 Å². The number of nitrogens with zero attached hydrogens (tertiary/aromatic N) is 4. The molecule has 0 unspecified atom stereocenters. The van der Waals surface area contributed by atoms with Crippen molar-refractivity contribution >= 4 is 63.3 Å². The van der Waals surface area contributed by atoms with E-state index in [1.807, 2.05) is 6.07 Å². The first kappa shape index (κ1) is 32.4. The summed E-state index contributed by atoms with van der Waals surface area (Å²) in [5.74, 6) is -6.07. The molecule has 0 aliphatic carbocycles. The lowest BCUT2D eigenvalue weighted by Crippen LogP contribution is -2.30. The monoisotopic (exact) mass is 699 g/mol. The van der Waals surface area contributed by atoms with Gasteiger partial charge in [-0.2, -0.15) is 23.5 Å². The minimum atomic E-state index is -4.99. The van der Waals surface area contributed by atoms with Crippen LogP contribution in [-0.4, -0.2) is 27.5 Å². The molecular formula is C32H16Cl2F5N5O4. The Morgan fingerprint density at radius 1 is 0.938 bits per heavy atom. The van der Waals surface area contributed by atoms with Crippen molar-refractivity contribution < 1.29 is 41.1 Å². The third-order valence-corrected chi connectivity index (χ3v) is 7.79. The molecule has 1 aliphatic heterocycles. The van der Waals surface area contributed by atoms with Gasteiger partial charge in [0.15, 0.2) is 11.6 Å². The van der Waals surface area contributed by atoms with Gasteiger partial charge >= 0.3 is 6.18 Å². The third-order valence-electron chi connectivity index (χ3n) is 7.18. The number of amides is 3. The number of nitrogens with one attached hydrogen (secondary N) is 1. The molecule has 5 aromatic rings. The van der Waals surface area contributed by atoms with E-state index in [1.165, 1.54) is 16.8 Å². The lowest BCUT2D eigenvalue weighted by Gasteiger charge is -2.18. The summed E-state index contributed by atoms with van der Waals surface area (Å²) in [5, 5.41) is 15.5. The highest BCUT2D eigenvalue weighted by molar-refractivity contribution is 6.39. The third kappa shape index (κ3) is 5.78. The molecule has 0 bridgehead atoms. The van der Waals surface area contributed by atoms with E-state index in [1.54, 1.807) is 12.1 Å². The first-order valence-corrected chi connectivity index (χ1v) is 14.4. The molecule has 16 heteroatoms. The van der Waals surface area contributed by atoms with Crippen molar-refractivity contribution in [1.82, 2.24) is 9.78 Å². The van der Waals surface area contributed by atoms with Crippen LogP contribution in [0.3, 0.4) is 0 Å². The summed E-state index contributed by atoms with van der Waals surface area (Å²) in [7, 11) is 0. The van der Waals surface area contributed by atoms with Gasteiger partial charge in [0.2, 0.25) is 0 Å². The van der Waals surface area contributed by atoms with E-state index in [9.17, 15) is 41.6 Å². The number of carbonyl (C=O) groups is 3. The molecule has 0 atom stereocenters. The SMILES string of the molecule is N#CCCn1nc(N2C(=O)c3ccccc3C2=O)c2c(Oc3cc(F)ccc3Cl)c(NC(=O)c3cc(F)cc(C(F)(F)F)c3)cc(Cl)c21. The Bertz CT molecular complexity index is 2200. The number of hydrogen-bond donors (Lipinski definition) is 1. The number of anilines is 2. The number of halogens is 7. The molecule has 0 fully saturated rings. The minimum Gasteiger partial charge on any atom is -0.453 e. The maximum Gasteiger partial charge on any atom is 0.416 e. The molecule has 9 nitrogen and oxygen atoms in total. The number of benzene rings is 4. The quantitative estimate of drug-likeness (QED) is 0.135. The maximum atomic E-state index is 14.4. The van der Waals surface area contributed by atoms with Gasteiger partial charge in [-0.15, -0.1) is 0 Å². The summed E-state index contributed by atoms with van der Waals surface area (Å²) in [6, 6.07) is 13.3. The second-order valence-corrected chi connectivity index (χ2v) is 11.1. The van der Waals surface area contributed by atoms with Crippen molar-refractivity contribution in [3.63, 3.8) is 0 Å². The highest BCUT2D eigenvalue weighted by Gasteiger charge is 2.40. The Kier molecular flexibility index (Phi) is 8.28. The number of carbonyl (C=O) groups excluding carboxylic acids is 3. The lowest BCUT2D eigenvalue weighted by atomic mass is 10.1. The fourth-order valence-electron chi connectivity index (χ4n) is 5.10. The zero-order valence-corrected chi connectivity index (χ0v) is 25.3. The van der Waals surface area contributed by atoms with Crippen molar-refractivity contribution in [2.24, 2.45) is 0 Å². The molecule has 48 heavy (non-hydrogen) atoms. The van der Waals surface area contributed by atoms with Crippen molar-refractivity contribution in [3.05, 3.63) is 111 Å². The van der Waals surface area contributed by atoms with Gasteiger partial charge < -0.3 is 10.1 Å². The fraction of sp³-hybridized carbons (Fsp3) is 0.0938. The molecule has 1 aliphatic rings. The number of aryl methyl sites for hydroxylation is 1. The molecule has 0 saturated carbocycles. The van der Waals surface area contributed by atoms with E-state index >= 15 is 0 Å². The Morgan fingerprint density at radius 3 is 2.27 bits per heavy atom. The lowest BCUT2D eigenvalue weighted by molar-refractivity contribution is -0.137. The molecule has 3 amide bonds. The summed E-state index contributed by atoms with van der Waals surface area (Å²) in [4.78, 5) is 41.2. The van der Waals surface area contributed by atoms with Gasteiger partial charge in [0.05, 0.1) is 62.4 Å². The number of ether oxygens (including phenoxy) is 1. The predicted octanol–water partition coefficient (Wildman–Crippen LogP) is 8.40. The zero-order valence-electron chi connectivity index (χ0n) is 23.8. The van der Waals surface area contributed by atoms with Gasteiger partial charge in [0.1, 0.15) is 17.4 Å². The Hall–Kier alpha value is -5.52. The Balaban J connectivity index is 1.60. The van der Waals surface area contributed by atoms with E-state index in [2.05, 4.69) is 10.4 Å².